The van der Waals surface area contributed by atoms with Crippen molar-refractivity contribution in [3.63, 3.8) is 0 Å². The van der Waals surface area contributed by atoms with E-state index in [0.717, 1.165) is 31.5 Å². The normalized spacial score (nSPS) is 14.3. The van der Waals surface area contributed by atoms with Gasteiger partial charge in [0.15, 0.2) is 0 Å². The average Bonchev–Trinajstić information content (AvgIpc) is 2.48. The molecule has 0 radical (unpaired) electrons. The number of carbonyl (C=O) groups excluding carboxylic acids is 1. The Hall–Kier alpha value is -2.09. The van der Waals surface area contributed by atoms with Gasteiger partial charge in [0.05, 0.1) is 0 Å². The molecule has 1 amide bonds. The first-order valence-electron chi connectivity index (χ1n) is 6.76. The third kappa shape index (κ3) is 2.53. The van der Waals surface area contributed by atoms with Crippen molar-refractivity contribution in [3.8, 4) is 0 Å². The molecule has 2 heteroatoms. The average molecular weight is 251 g/mol. The topological polar surface area (TPSA) is 20.3 Å². The van der Waals surface area contributed by atoms with Gasteiger partial charge in [0.1, 0.15) is 0 Å². The van der Waals surface area contributed by atoms with Crippen LogP contribution >= 0.6 is 0 Å². The van der Waals surface area contributed by atoms with Crippen LogP contribution in [0.25, 0.3) is 0 Å². The number of nitrogens with zero attached hydrogens (tertiary/aromatic N) is 1. The van der Waals surface area contributed by atoms with Gasteiger partial charge in [0, 0.05) is 18.7 Å². The summed E-state index contributed by atoms with van der Waals surface area (Å²) in [6.07, 6.45) is 1.89. The van der Waals surface area contributed by atoms with E-state index in [-0.39, 0.29) is 5.91 Å². The molecule has 0 spiro atoms. The molecule has 1 aliphatic rings. The zero-order valence-corrected chi connectivity index (χ0v) is 10.9. The SMILES string of the molecule is O=C1c2ccccc2CCN1CCc1ccccc1. The molecule has 2 nitrogen and oxygen atoms in total. The molecule has 0 unspecified atom stereocenters. The minimum Gasteiger partial charge on any atom is -0.338 e. The summed E-state index contributed by atoms with van der Waals surface area (Å²) in [6, 6.07) is 18.3. The Morgan fingerprint density at radius 1 is 0.947 bits per heavy atom. The van der Waals surface area contributed by atoms with Crippen molar-refractivity contribution < 1.29 is 4.79 Å². The maximum Gasteiger partial charge on any atom is 0.254 e. The lowest BCUT2D eigenvalue weighted by molar-refractivity contribution is 0.0742. The standard InChI is InChI=1S/C17H17NO/c19-17-16-9-5-4-8-15(16)11-13-18(17)12-10-14-6-2-1-3-7-14/h1-9H,10-13H2. The first-order chi connectivity index (χ1) is 9.34. The van der Waals surface area contributed by atoms with Crippen molar-refractivity contribution in [1.82, 2.24) is 4.90 Å². The van der Waals surface area contributed by atoms with Gasteiger partial charge in [0.2, 0.25) is 0 Å². The number of amides is 1. The van der Waals surface area contributed by atoms with Gasteiger partial charge in [-0.2, -0.15) is 0 Å². The molecule has 0 aromatic heterocycles. The lowest BCUT2D eigenvalue weighted by Crippen LogP contribution is -2.38. The minimum absolute atomic E-state index is 0.179. The van der Waals surface area contributed by atoms with E-state index >= 15 is 0 Å². The second-order valence-electron chi connectivity index (χ2n) is 4.93. The van der Waals surface area contributed by atoms with Gasteiger partial charge in [-0.3, -0.25) is 4.79 Å². The fraction of sp³-hybridized carbons (Fsp3) is 0.235. The molecule has 0 saturated heterocycles. The summed E-state index contributed by atoms with van der Waals surface area (Å²) < 4.78 is 0. The van der Waals surface area contributed by atoms with Crippen molar-refractivity contribution in [1.29, 1.82) is 0 Å². The van der Waals surface area contributed by atoms with Crippen LogP contribution in [0, 0.1) is 0 Å². The van der Waals surface area contributed by atoms with Gasteiger partial charge < -0.3 is 4.90 Å². The number of rotatable bonds is 3. The van der Waals surface area contributed by atoms with Gasteiger partial charge in [0.25, 0.3) is 5.91 Å². The van der Waals surface area contributed by atoms with Gasteiger partial charge in [-0.1, -0.05) is 48.5 Å². The molecule has 0 bridgehead atoms. The van der Waals surface area contributed by atoms with E-state index in [4.69, 9.17) is 0 Å². The second-order valence-corrected chi connectivity index (χ2v) is 4.93. The first-order valence-corrected chi connectivity index (χ1v) is 6.76. The molecule has 0 aliphatic carbocycles. The summed E-state index contributed by atoms with van der Waals surface area (Å²) in [7, 11) is 0. The van der Waals surface area contributed by atoms with Crippen LogP contribution in [0.4, 0.5) is 0 Å². The Morgan fingerprint density at radius 2 is 1.68 bits per heavy atom. The molecule has 19 heavy (non-hydrogen) atoms. The molecular weight excluding hydrogens is 234 g/mol. The molecule has 0 N–H and O–H groups in total. The summed E-state index contributed by atoms with van der Waals surface area (Å²) in [6.45, 7) is 1.64. The van der Waals surface area contributed by atoms with E-state index < -0.39 is 0 Å². The van der Waals surface area contributed by atoms with Crippen molar-refractivity contribution in [3.05, 3.63) is 71.3 Å². The van der Waals surface area contributed by atoms with Gasteiger partial charge in [-0.25, -0.2) is 0 Å². The smallest absolute Gasteiger partial charge is 0.254 e. The third-order valence-corrected chi connectivity index (χ3v) is 3.70. The van der Waals surface area contributed by atoms with E-state index in [1.165, 1.54) is 11.1 Å². The highest BCUT2D eigenvalue weighted by Gasteiger charge is 2.23. The van der Waals surface area contributed by atoms with E-state index in [9.17, 15) is 4.79 Å². The first kappa shape index (κ1) is 12.0. The fourth-order valence-electron chi connectivity index (χ4n) is 2.60. The molecule has 2 aromatic carbocycles. The molecule has 1 aliphatic heterocycles. The monoisotopic (exact) mass is 251 g/mol. The lowest BCUT2D eigenvalue weighted by Gasteiger charge is -2.28. The Kier molecular flexibility index (Phi) is 3.32. The largest absolute Gasteiger partial charge is 0.338 e. The highest BCUT2D eigenvalue weighted by atomic mass is 16.2. The quantitative estimate of drug-likeness (QED) is 0.821. The van der Waals surface area contributed by atoms with Crippen LogP contribution in [0.3, 0.4) is 0 Å². The molecule has 96 valence electrons. The van der Waals surface area contributed by atoms with Crippen molar-refractivity contribution in [2.75, 3.05) is 13.1 Å². The van der Waals surface area contributed by atoms with E-state index in [2.05, 4.69) is 18.2 Å². The van der Waals surface area contributed by atoms with Gasteiger partial charge in [-0.15, -0.1) is 0 Å². The summed E-state index contributed by atoms with van der Waals surface area (Å²) in [5, 5.41) is 0. The van der Waals surface area contributed by atoms with Crippen molar-refractivity contribution in [2.45, 2.75) is 12.8 Å². The maximum atomic E-state index is 12.4. The molecular formula is C17H17NO. The fourth-order valence-corrected chi connectivity index (χ4v) is 2.60. The van der Waals surface area contributed by atoms with Crippen LogP contribution in [-0.2, 0) is 12.8 Å². The lowest BCUT2D eigenvalue weighted by atomic mass is 9.99. The van der Waals surface area contributed by atoms with E-state index in [1.54, 1.807) is 0 Å². The summed E-state index contributed by atoms with van der Waals surface area (Å²) in [5.41, 5.74) is 3.35. The van der Waals surface area contributed by atoms with E-state index in [1.807, 2.05) is 41.3 Å². The Morgan fingerprint density at radius 3 is 2.53 bits per heavy atom. The summed E-state index contributed by atoms with van der Waals surface area (Å²) in [5.74, 6) is 0.179. The van der Waals surface area contributed by atoms with Crippen LogP contribution in [0.5, 0.6) is 0 Å². The zero-order chi connectivity index (χ0) is 13.1. The number of hydrogen-bond acceptors (Lipinski definition) is 1. The zero-order valence-electron chi connectivity index (χ0n) is 10.9. The predicted molar refractivity (Wildman–Crippen MR) is 76.2 cm³/mol. The van der Waals surface area contributed by atoms with Crippen LogP contribution in [0.15, 0.2) is 54.6 Å². The van der Waals surface area contributed by atoms with Crippen molar-refractivity contribution >= 4 is 5.91 Å². The van der Waals surface area contributed by atoms with Gasteiger partial charge in [-0.05, 0) is 30.0 Å². The number of carbonyl (C=O) groups is 1. The van der Waals surface area contributed by atoms with Crippen LogP contribution < -0.4 is 0 Å². The third-order valence-electron chi connectivity index (χ3n) is 3.70. The Labute approximate surface area is 113 Å². The molecule has 0 fully saturated rings. The molecule has 1 heterocycles. The molecule has 0 saturated carbocycles. The van der Waals surface area contributed by atoms with Crippen LogP contribution in [-0.4, -0.2) is 23.9 Å². The molecule has 3 rings (SSSR count). The van der Waals surface area contributed by atoms with Crippen LogP contribution in [0.2, 0.25) is 0 Å². The van der Waals surface area contributed by atoms with E-state index in [0.29, 0.717) is 0 Å². The maximum absolute atomic E-state index is 12.4. The highest BCUT2D eigenvalue weighted by Crippen LogP contribution is 2.18. The minimum atomic E-state index is 0.179. The Bertz CT molecular complexity index is 577. The summed E-state index contributed by atoms with van der Waals surface area (Å²) >= 11 is 0. The second kappa shape index (κ2) is 5.27. The highest BCUT2D eigenvalue weighted by molar-refractivity contribution is 5.96. The molecule has 0 atom stereocenters. The summed E-state index contributed by atoms with van der Waals surface area (Å²) in [4.78, 5) is 14.3. The van der Waals surface area contributed by atoms with Crippen molar-refractivity contribution in [2.24, 2.45) is 0 Å². The number of benzene rings is 2. The predicted octanol–water partition coefficient (Wildman–Crippen LogP) is 2.93. The van der Waals surface area contributed by atoms with Gasteiger partial charge >= 0.3 is 0 Å². The number of fused-ring (bicyclic) bond motifs is 1. The Balaban J connectivity index is 1.69. The number of hydrogen-bond donors (Lipinski definition) is 0. The van der Waals surface area contributed by atoms with Crippen LogP contribution in [0.1, 0.15) is 21.5 Å². The molecule has 2 aromatic rings.